The van der Waals surface area contributed by atoms with E-state index in [1.54, 1.807) is 36.4 Å². The highest BCUT2D eigenvalue weighted by molar-refractivity contribution is 8.00. The van der Waals surface area contributed by atoms with E-state index >= 15 is 0 Å². The third kappa shape index (κ3) is 5.15. The maximum absolute atomic E-state index is 13.5. The molecule has 5 rings (SSSR count). The van der Waals surface area contributed by atoms with E-state index in [-0.39, 0.29) is 16.3 Å². The molecule has 1 amide bonds. The van der Waals surface area contributed by atoms with E-state index in [1.807, 2.05) is 12.1 Å². The van der Waals surface area contributed by atoms with Gasteiger partial charge in [0.15, 0.2) is 4.34 Å². The van der Waals surface area contributed by atoms with Gasteiger partial charge in [0, 0.05) is 16.3 Å². The van der Waals surface area contributed by atoms with Gasteiger partial charge in [-0.2, -0.15) is 0 Å². The molecule has 4 aromatic rings. The molecule has 11 heteroatoms. The standard InChI is InChI=1S/C27H19ClFN3O4S2/c1-36-20-4-2-3-17(13-20)22-21(23(33)16-7-11-19(29)12-8-16)24(34)25(35)32(22)26-30-31-27(38-26)37-14-15-5-9-18(28)10-6-15/h2-13,22,33H,14H2,1H3/b23-21-. The normalized spacial score (nSPS) is 16.7. The molecule has 192 valence electrons. The smallest absolute Gasteiger partial charge is 0.301 e. The number of Topliss-reactive ketones (excluding diaryl/α,β-unsaturated/α-hetero) is 1. The number of benzene rings is 3. The molecule has 0 aliphatic carbocycles. The van der Waals surface area contributed by atoms with Crippen LogP contribution in [0.1, 0.15) is 22.7 Å². The van der Waals surface area contributed by atoms with E-state index in [0.717, 1.165) is 16.9 Å². The van der Waals surface area contributed by atoms with Crippen LogP contribution in [0.3, 0.4) is 0 Å². The molecular weight excluding hydrogens is 549 g/mol. The van der Waals surface area contributed by atoms with Gasteiger partial charge in [-0.1, -0.05) is 59.0 Å². The molecule has 1 aliphatic heterocycles. The number of aliphatic hydroxyl groups excluding tert-OH is 1. The van der Waals surface area contributed by atoms with Gasteiger partial charge in [-0.05, 0) is 59.7 Å². The van der Waals surface area contributed by atoms with Crippen molar-refractivity contribution in [3.05, 3.63) is 106 Å². The van der Waals surface area contributed by atoms with E-state index in [0.29, 0.717) is 26.4 Å². The van der Waals surface area contributed by atoms with Crippen LogP contribution in [0.15, 0.2) is 82.7 Å². The van der Waals surface area contributed by atoms with E-state index < -0.39 is 29.3 Å². The van der Waals surface area contributed by atoms with Crippen LogP contribution in [0.2, 0.25) is 5.02 Å². The Morgan fingerprint density at radius 2 is 1.84 bits per heavy atom. The topological polar surface area (TPSA) is 92.6 Å². The summed E-state index contributed by atoms with van der Waals surface area (Å²) in [6, 6.07) is 18.3. The van der Waals surface area contributed by atoms with E-state index in [4.69, 9.17) is 16.3 Å². The van der Waals surface area contributed by atoms with Crippen LogP contribution in [-0.4, -0.2) is 34.1 Å². The quantitative estimate of drug-likeness (QED) is 0.0926. The van der Waals surface area contributed by atoms with Crippen molar-refractivity contribution < 1.29 is 23.8 Å². The number of ether oxygens (including phenoxy) is 1. The minimum Gasteiger partial charge on any atom is -0.507 e. The number of carbonyl (C=O) groups excluding carboxylic acids is 2. The van der Waals surface area contributed by atoms with Crippen molar-refractivity contribution in [3.63, 3.8) is 0 Å². The predicted molar refractivity (Wildman–Crippen MR) is 145 cm³/mol. The van der Waals surface area contributed by atoms with Crippen LogP contribution < -0.4 is 9.64 Å². The Bertz CT molecular complexity index is 1540. The lowest BCUT2D eigenvalue weighted by molar-refractivity contribution is -0.132. The van der Waals surface area contributed by atoms with Crippen LogP contribution in [-0.2, 0) is 15.3 Å². The van der Waals surface area contributed by atoms with Gasteiger partial charge in [0.05, 0.1) is 18.7 Å². The average molecular weight is 568 g/mol. The first kappa shape index (κ1) is 25.9. The number of amides is 1. The zero-order valence-electron chi connectivity index (χ0n) is 19.8. The van der Waals surface area contributed by atoms with E-state index in [9.17, 15) is 19.1 Å². The SMILES string of the molecule is COc1cccc(C2/C(=C(/O)c3ccc(F)cc3)C(=O)C(=O)N2c2nnc(SCc3ccc(Cl)cc3)s2)c1. The predicted octanol–water partition coefficient (Wildman–Crippen LogP) is 6.26. The third-order valence-corrected chi connectivity index (χ3v) is 8.23. The average Bonchev–Trinajstić information content (AvgIpc) is 3.50. The Balaban J connectivity index is 1.54. The molecule has 3 aromatic carbocycles. The molecule has 0 bridgehead atoms. The molecule has 1 saturated heterocycles. The Kier molecular flexibility index (Phi) is 7.46. The number of nitrogens with zero attached hydrogens (tertiary/aromatic N) is 3. The Labute approximate surface area is 230 Å². The molecular formula is C27H19ClFN3O4S2. The largest absolute Gasteiger partial charge is 0.507 e. The molecule has 38 heavy (non-hydrogen) atoms. The minimum absolute atomic E-state index is 0.138. The van der Waals surface area contributed by atoms with Crippen molar-refractivity contribution in [1.29, 1.82) is 0 Å². The lowest BCUT2D eigenvalue weighted by atomic mass is 9.95. The minimum atomic E-state index is -1.00. The van der Waals surface area contributed by atoms with Crippen molar-refractivity contribution in [1.82, 2.24) is 10.2 Å². The van der Waals surface area contributed by atoms with Gasteiger partial charge >= 0.3 is 5.91 Å². The van der Waals surface area contributed by atoms with Crippen molar-refractivity contribution in [3.8, 4) is 5.75 Å². The monoisotopic (exact) mass is 567 g/mol. The summed E-state index contributed by atoms with van der Waals surface area (Å²) in [6.45, 7) is 0. The highest BCUT2D eigenvalue weighted by atomic mass is 35.5. The Morgan fingerprint density at radius 1 is 1.11 bits per heavy atom. The Hall–Kier alpha value is -3.73. The Morgan fingerprint density at radius 3 is 2.55 bits per heavy atom. The fraction of sp³-hybridized carbons (Fsp3) is 0.111. The van der Waals surface area contributed by atoms with Crippen molar-refractivity contribution in [2.75, 3.05) is 12.0 Å². The highest BCUT2D eigenvalue weighted by Gasteiger charge is 2.48. The van der Waals surface area contributed by atoms with Gasteiger partial charge in [0.25, 0.3) is 5.78 Å². The molecule has 2 heterocycles. The van der Waals surface area contributed by atoms with Crippen LogP contribution in [0.5, 0.6) is 5.75 Å². The van der Waals surface area contributed by atoms with Crippen LogP contribution in [0.4, 0.5) is 9.52 Å². The molecule has 0 radical (unpaired) electrons. The summed E-state index contributed by atoms with van der Waals surface area (Å²) in [5.41, 5.74) is 1.62. The molecule has 1 unspecified atom stereocenters. The fourth-order valence-corrected chi connectivity index (χ4v) is 5.95. The summed E-state index contributed by atoms with van der Waals surface area (Å²) in [7, 11) is 1.50. The molecule has 1 aliphatic rings. The van der Waals surface area contributed by atoms with E-state index in [2.05, 4.69) is 10.2 Å². The van der Waals surface area contributed by atoms with Gasteiger partial charge in [0.1, 0.15) is 17.3 Å². The zero-order chi connectivity index (χ0) is 26.8. The number of thioether (sulfide) groups is 1. The number of anilines is 1. The second-order valence-corrected chi connectivity index (χ2v) is 10.8. The molecule has 7 nitrogen and oxygen atoms in total. The summed E-state index contributed by atoms with van der Waals surface area (Å²) < 4.78 is 19.4. The number of hydrogen-bond donors (Lipinski definition) is 1. The second-order valence-electron chi connectivity index (χ2n) is 8.22. The molecule has 0 saturated carbocycles. The van der Waals surface area contributed by atoms with Crippen molar-refractivity contribution >= 4 is 57.3 Å². The van der Waals surface area contributed by atoms with Gasteiger partial charge in [-0.3, -0.25) is 14.5 Å². The first-order valence-corrected chi connectivity index (χ1v) is 13.5. The van der Waals surface area contributed by atoms with Crippen molar-refractivity contribution in [2.45, 2.75) is 16.1 Å². The van der Waals surface area contributed by atoms with Crippen LogP contribution >= 0.6 is 34.7 Å². The fourth-order valence-electron chi connectivity index (χ4n) is 4.00. The number of halogens is 2. The van der Waals surface area contributed by atoms with E-state index in [1.165, 1.54) is 48.0 Å². The maximum atomic E-state index is 13.5. The molecule has 0 spiro atoms. The number of aliphatic hydroxyl groups is 1. The number of methoxy groups -OCH3 is 1. The van der Waals surface area contributed by atoms with Crippen LogP contribution in [0, 0.1) is 5.82 Å². The zero-order valence-corrected chi connectivity index (χ0v) is 22.2. The molecule has 1 aromatic heterocycles. The molecule has 1 atom stereocenters. The number of rotatable bonds is 7. The highest BCUT2D eigenvalue weighted by Crippen LogP contribution is 2.44. The van der Waals surface area contributed by atoms with Crippen LogP contribution in [0.25, 0.3) is 5.76 Å². The van der Waals surface area contributed by atoms with Crippen molar-refractivity contribution in [2.24, 2.45) is 0 Å². The number of aromatic nitrogens is 2. The summed E-state index contributed by atoms with van der Waals surface area (Å²) in [4.78, 5) is 27.8. The molecule has 1 N–H and O–H groups in total. The number of hydrogen-bond acceptors (Lipinski definition) is 8. The summed E-state index contributed by atoms with van der Waals surface area (Å²) in [5.74, 6) is -1.54. The number of ketones is 1. The third-order valence-electron chi connectivity index (χ3n) is 5.85. The summed E-state index contributed by atoms with van der Waals surface area (Å²) in [5, 5.41) is 20.4. The number of carbonyl (C=O) groups is 2. The second kappa shape index (κ2) is 10.9. The first-order valence-electron chi connectivity index (χ1n) is 11.3. The van der Waals surface area contributed by atoms with Gasteiger partial charge in [-0.15, -0.1) is 10.2 Å². The maximum Gasteiger partial charge on any atom is 0.301 e. The van der Waals surface area contributed by atoms with Gasteiger partial charge in [-0.25, -0.2) is 4.39 Å². The lowest BCUT2D eigenvalue weighted by Crippen LogP contribution is -2.29. The lowest BCUT2D eigenvalue weighted by Gasteiger charge is -2.22. The summed E-state index contributed by atoms with van der Waals surface area (Å²) >= 11 is 8.55. The summed E-state index contributed by atoms with van der Waals surface area (Å²) in [6.07, 6.45) is 0. The van der Waals surface area contributed by atoms with Gasteiger partial charge in [0.2, 0.25) is 5.13 Å². The first-order chi connectivity index (χ1) is 18.4. The molecule has 1 fully saturated rings. The van der Waals surface area contributed by atoms with Gasteiger partial charge < -0.3 is 9.84 Å².